The molecule has 4 heteroatoms. The van der Waals surface area contributed by atoms with Gasteiger partial charge in [-0.1, -0.05) is 41.9 Å². The smallest absolute Gasteiger partial charge is 0.138 e. The van der Waals surface area contributed by atoms with Crippen molar-refractivity contribution in [1.29, 1.82) is 0 Å². The van der Waals surface area contributed by atoms with E-state index in [1.54, 1.807) is 42.5 Å². The molecule has 0 amide bonds. The van der Waals surface area contributed by atoms with E-state index < -0.39 is 6.10 Å². The third-order valence-corrected chi connectivity index (χ3v) is 2.84. The van der Waals surface area contributed by atoms with Crippen LogP contribution in [0, 0.1) is 0 Å². The standard InChI is InChI=1S/C14H13ClO3/c15-11-6-2-4-8-14(11)18-9-13(17)10-5-1-3-7-12(10)16/h1-8,13,16-17H,9H2. The average Bonchev–Trinajstić information content (AvgIpc) is 2.38. The number of para-hydroxylation sites is 2. The van der Waals surface area contributed by atoms with Gasteiger partial charge in [0.1, 0.15) is 24.2 Å². The Morgan fingerprint density at radius 3 is 2.44 bits per heavy atom. The Hall–Kier alpha value is -1.71. The summed E-state index contributed by atoms with van der Waals surface area (Å²) in [7, 11) is 0. The fraction of sp³-hybridized carbons (Fsp3) is 0.143. The van der Waals surface area contributed by atoms with Crippen LogP contribution in [0.15, 0.2) is 48.5 Å². The fourth-order valence-corrected chi connectivity index (χ4v) is 1.78. The molecule has 0 radical (unpaired) electrons. The molecule has 0 aromatic heterocycles. The number of phenolic OH excluding ortho intramolecular Hbond substituents is 1. The van der Waals surface area contributed by atoms with Crippen molar-refractivity contribution in [2.24, 2.45) is 0 Å². The molecule has 3 nitrogen and oxygen atoms in total. The Morgan fingerprint density at radius 1 is 1.06 bits per heavy atom. The largest absolute Gasteiger partial charge is 0.508 e. The maximum Gasteiger partial charge on any atom is 0.138 e. The number of aromatic hydroxyl groups is 1. The van der Waals surface area contributed by atoms with Crippen LogP contribution < -0.4 is 4.74 Å². The monoisotopic (exact) mass is 264 g/mol. The van der Waals surface area contributed by atoms with Gasteiger partial charge in [-0.3, -0.25) is 0 Å². The summed E-state index contributed by atoms with van der Waals surface area (Å²) >= 11 is 5.93. The molecule has 94 valence electrons. The molecule has 1 atom stereocenters. The summed E-state index contributed by atoms with van der Waals surface area (Å²) in [5.41, 5.74) is 0.435. The SMILES string of the molecule is Oc1ccccc1C(O)COc1ccccc1Cl. The van der Waals surface area contributed by atoms with E-state index in [1.165, 1.54) is 6.07 Å². The van der Waals surface area contributed by atoms with Crippen molar-refractivity contribution in [3.05, 3.63) is 59.1 Å². The number of halogens is 1. The molecule has 0 heterocycles. The highest BCUT2D eigenvalue weighted by atomic mass is 35.5. The second-order valence-corrected chi connectivity index (χ2v) is 4.22. The Bertz CT molecular complexity index is 528. The predicted molar refractivity (Wildman–Crippen MR) is 70.0 cm³/mol. The second kappa shape index (κ2) is 5.76. The van der Waals surface area contributed by atoms with Crippen LogP contribution in [0.5, 0.6) is 11.5 Å². The first kappa shape index (κ1) is 12.7. The predicted octanol–water partition coefficient (Wildman–Crippen LogP) is 3.16. The van der Waals surface area contributed by atoms with Gasteiger partial charge in [-0.2, -0.15) is 0 Å². The molecule has 1 unspecified atom stereocenters. The molecule has 18 heavy (non-hydrogen) atoms. The second-order valence-electron chi connectivity index (χ2n) is 3.82. The summed E-state index contributed by atoms with van der Waals surface area (Å²) in [6.07, 6.45) is -0.900. The van der Waals surface area contributed by atoms with Gasteiger partial charge in [0.25, 0.3) is 0 Å². The lowest BCUT2D eigenvalue weighted by atomic mass is 10.1. The van der Waals surface area contributed by atoms with E-state index in [-0.39, 0.29) is 12.4 Å². The highest BCUT2D eigenvalue weighted by Gasteiger charge is 2.13. The van der Waals surface area contributed by atoms with Gasteiger partial charge in [-0.15, -0.1) is 0 Å². The van der Waals surface area contributed by atoms with Gasteiger partial charge in [-0.25, -0.2) is 0 Å². The van der Waals surface area contributed by atoms with Crippen molar-refractivity contribution in [2.45, 2.75) is 6.10 Å². The Morgan fingerprint density at radius 2 is 1.72 bits per heavy atom. The number of rotatable bonds is 4. The first-order chi connectivity index (χ1) is 8.68. The summed E-state index contributed by atoms with van der Waals surface area (Å²) in [6.45, 7) is 0.0291. The average molecular weight is 265 g/mol. The highest BCUT2D eigenvalue weighted by Crippen LogP contribution is 2.27. The van der Waals surface area contributed by atoms with Crippen LogP contribution in [0.2, 0.25) is 5.02 Å². The molecule has 0 aliphatic carbocycles. The van der Waals surface area contributed by atoms with Crippen LogP contribution >= 0.6 is 11.6 Å². The van der Waals surface area contributed by atoms with Crippen molar-refractivity contribution < 1.29 is 14.9 Å². The maximum absolute atomic E-state index is 9.93. The molecule has 0 aliphatic heterocycles. The lowest BCUT2D eigenvalue weighted by Gasteiger charge is -2.14. The first-order valence-corrected chi connectivity index (χ1v) is 5.89. The number of aliphatic hydroxyl groups excluding tert-OH is 1. The minimum absolute atomic E-state index is 0.0291. The van der Waals surface area contributed by atoms with Crippen molar-refractivity contribution in [1.82, 2.24) is 0 Å². The van der Waals surface area contributed by atoms with Gasteiger partial charge >= 0.3 is 0 Å². The molecular formula is C14H13ClO3. The zero-order valence-corrected chi connectivity index (χ0v) is 10.3. The number of phenols is 1. The molecule has 2 rings (SSSR count). The molecule has 0 spiro atoms. The van der Waals surface area contributed by atoms with Crippen LogP contribution in [0.4, 0.5) is 0 Å². The summed E-state index contributed by atoms with van der Waals surface area (Å²) in [4.78, 5) is 0. The molecule has 2 aromatic rings. The quantitative estimate of drug-likeness (QED) is 0.892. The zero-order valence-electron chi connectivity index (χ0n) is 9.58. The summed E-state index contributed by atoms with van der Waals surface area (Å²) in [5, 5.41) is 20.0. The number of hydrogen-bond acceptors (Lipinski definition) is 3. The Labute approximate surface area is 110 Å². The zero-order chi connectivity index (χ0) is 13.0. The van der Waals surface area contributed by atoms with E-state index in [9.17, 15) is 10.2 Å². The van der Waals surface area contributed by atoms with Crippen LogP contribution in [-0.2, 0) is 0 Å². The van der Waals surface area contributed by atoms with Gasteiger partial charge in [0.15, 0.2) is 0 Å². The van der Waals surface area contributed by atoms with Gasteiger partial charge < -0.3 is 14.9 Å². The molecule has 0 fully saturated rings. The lowest BCUT2D eigenvalue weighted by molar-refractivity contribution is 0.106. The third kappa shape index (κ3) is 2.94. The molecule has 0 aliphatic rings. The molecule has 0 saturated heterocycles. The molecule has 0 saturated carbocycles. The van der Waals surface area contributed by atoms with E-state index in [4.69, 9.17) is 16.3 Å². The van der Waals surface area contributed by atoms with Crippen LogP contribution in [0.3, 0.4) is 0 Å². The topological polar surface area (TPSA) is 49.7 Å². The van der Waals surface area contributed by atoms with Crippen LogP contribution in [-0.4, -0.2) is 16.8 Å². The third-order valence-electron chi connectivity index (χ3n) is 2.53. The Kier molecular flexibility index (Phi) is 4.07. The van der Waals surface area contributed by atoms with E-state index in [1.807, 2.05) is 0 Å². The van der Waals surface area contributed by atoms with E-state index in [0.717, 1.165) is 0 Å². The number of benzene rings is 2. The maximum atomic E-state index is 9.93. The van der Waals surface area contributed by atoms with Gasteiger partial charge in [0.2, 0.25) is 0 Å². The van der Waals surface area contributed by atoms with Gasteiger partial charge in [0.05, 0.1) is 5.02 Å². The van der Waals surface area contributed by atoms with Crippen molar-refractivity contribution in [3.63, 3.8) is 0 Å². The highest BCUT2D eigenvalue weighted by molar-refractivity contribution is 6.32. The van der Waals surface area contributed by atoms with Gasteiger partial charge in [-0.05, 0) is 18.2 Å². The summed E-state index contributed by atoms with van der Waals surface area (Å²) in [6, 6.07) is 13.6. The number of hydrogen-bond donors (Lipinski definition) is 2. The Balaban J connectivity index is 2.03. The lowest BCUT2D eigenvalue weighted by Crippen LogP contribution is -2.10. The van der Waals surface area contributed by atoms with Gasteiger partial charge in [0, 0.05) is 5.56 Å². The van der Waals surface area contributed by atoms with Crippen molar-refractivity contribution in [3.8, 4) is 11.5 Å². The van der Waals surface area contributed by atoms with Crippen LogP contribution in [0.1, 0.15) is 11.7 Å². The minimum atomic E-state index is -0.900. The summed E-state index contributed by atoms with van der Waals surface area (Å²) in [5.74, 6) is 0.557. The summed E-state index contributed by atoms with van der Waals surface area (Å²) < 4.78 is 5.41. The minimum Gasteiger partial charge on any atom is -0.508 e. The molecule has 2 N–H and O–H groups in total. The van der Waals surface area contributed by atoms with Crippen molar-refractivity contribution in [2.75, 3.05) is 6.61 Å². The van der Waals surface area contributed by atoms with E-state index >= 15 is 0 Å². The normalized spacial score (nSPS) is 12.1. The fourth-order valence-electron chi connectivity index (χ4n) is 1.59. The van der Waals surface area contributed by atoms with Crippen molar-refractivity contribution >= 4 is 11.6 Å². The number of aliphatic hydroxyl groups is 1. The molecule has 2 aromatic carbocycles. The van der Waals surface area contributed by atoms with E-state index in [2.05, 4.69) is 0 Å². The van der Waals surface area contributed by atoms with Crippen LogP contribution in [0.25, 0.3) is 0 Å². The first-order valence-electron chi connectivity index (χ1n) is 5.52. The molecular weight excluding hydrogens is 252 g/mol. The molecule has 0 bridgehead atoms. The van der Waals surface area contributed by atoms with E-state index in [0.29, 0.717) is 16.3 Å². The number of ether oxygens (including phenoxy) is 1.